The first kappa shape index (κ1) is 63.1. The Morgan fingerprint density at radius 2 is 1.52 bits per heavy atom. The molecular weight excluding hydrogens is 1190 g/mol. The minimum Gasteiger partial charge on any atom is -0.508 e. The van der Waals surface area contributed by atoms with Gasteiger partial charge < -0.3 is 55.3 Å². The summed E-state index contributed by atoms with van der Waals surface area (Å²) in [6.07, 6.45) is 24.1. The van der Waals surface area contributed by atoms with Crippen LogP contribution in [0.2, 0.25) is 0 Å². The molecule has 2 bridgehead atoms. The number of nitrogens with one attached hydrogen (secondary N) is 1. The van der Waals surface area contributed by atoms with E-state index in [-0.39, 0.29) is 135 Å². The summed E-state index contributed by atoms with van der Waals surface area (Å²) in [5, 5.41) is 96.8. The number of benzene rings is 5. The zero-order chi connectivity index (χ0) is 65.6. The van der Waals surface area contributed by atoms with Crippen molar-refractivity contribution in [1.29, 1.82) is 0 Å². The van der Waals surface area contributed by atoms with Crippen LogP contribution in [0.3, 0.4) is 0 Å². The maximum Gasteiger partial charge on any atom is 0.200 e. The van der Waals surface area contributed by atoms with Crippen molar-refractivity contribution in [3.63, 3.8) is 0 Å². The Morgan fingerprint density at radius 3 is 2.29 bits per heavy atom. The van der Waals surface area contributed by atoms with Crippen molar-refractivity contribution in [2.24, 2.45) is 74.7 Å². The number of aromatic amines is 1. The summed E-state index contributed by atoms with van der Waals surface area (Å²) in [5.41, 5.74) is 13.6. The molecule has 0 aliphatic heterocycles. The predicted molar refractivity (Wildman–Crippen MR) is 365 cm³/mol. The summed E-state index contributed by atoms with van der Waals surface area (Å²) in [4.78, 5) is 19.6. The number of aliphatic hydroxyl groups excluding tert-OH is 2. The van der Waals surface area contributed by atoms with E-state index in [4.69, 9.17) is 15.2 Å². The van der Waals surface area contributed by atoms with Crippen molar-refractivity contribution in [3.05, 3.63) is 142 Å². The molecule has 1 heterocycles. The molecule has 11 N–H and O–H groups in total. The number of phenols is 6. The normalized spacial score (nSPS) is 34.2. The van der Waals surface area contributed by atoms with Gasteiger partial charge in [-0.15, -0.1) is 0 Å². The van der Waals surface area contributed by atoms with Crippen molar-refractivity contribution >= 4 is 5.78 Å². The van der Waals surface area contributed by atoms with Gasteiger partial charge in [-0.25, -0.2) is 0 Å². The Kier molecular flexibility index (Phi) is 15.6. The number of phenolic OH excluding ortho intramolecular Hbond substituents is 6. The van der Waals surface area contributed by atoms with Crippen LogP contribution in [0.4, 0.5) is 0 Å². The average Bonchev–Trinajstić information content (AvgIpc) is 1.49. The monoisotopic (exact) mass is 1290 g/mol. The van der Waals surface area contributed by atoms with E-state index in [9.17, 15) is 40.9 Å². The van der Waals surface area contributed by atoms with Crippen LogP contribution in [0.25, 0.3) is 11.3 Å². The number of Topliss-reactive ketones (excluding diaryl/α,β-unsaturated/α-hetero) is 1. The molecule has 8 saturated carbocycles. The molecule has 504 valence electrons. The predicted octanol–water partition coefficient (Wildman–Crippen LogP) is 16.1. The first-order valence-corrected chi connectivity index (χ1v) is 36.7. The van der Waals surface area contributed by atoms with Gasteiger partial charge in [-0.2, -0.15) is 0 Å². The lowest BCUT2D eigenvalue weighted by atomic mass is 9.47. The molecule has 15 atom stereocenters. The number of H-pyrrole nitrogens is 1. The van der Waals surface area contributed by atoms with Gasteiger partial charge in [0.25, 0.3) is 0 Å². The molecule has 11 aliphatic rings. The Balaban J connectivity index is 0.897. The molecule has 0 radical (unpaired) electrons. The van der Waals surface area contributed by atoms with Crippen LogP contribution in [0.1, 0.15) is 218 Å². The Morgan fingerprint density at radius 1 is 0.737 bits per heavy atom. The number of hydrogen-bond donors (Lipinski definition) is 10. The highest BCUT2D eigenvalue weighted by atomic mass is 16.5. The number of rotatable bonds is 16. The third kappa shape index (κ3) is 9.53. The van der Waals surface area contributed by atoms with Crippen molar-refractivity contribution in [2.75, 3.05) is 13.3 Å². The van der Waals surface area contributed by atoms with Crippen LogP contribution < -0.4 is 15.2 Å². The van der Waals surface area contributed by atoms with Gasteiger partial charge in [0.1, 0.15) is 35.4 Å². The summed E-state index contributed by atoms with van der Waals surface area (Å²) in [6, 6.07) is 30.6. The fourth-order valence-corrected chi connectivity index (χ4v) is 25.5. The van der Waals surface area contributed by atoms with E-state index >= 15 is 4.79 Å². The van der Waals surface area contributed by atoms with Gasteiger partial charge in [0.2, 0.25) is 5.75 Å². The van der Waals surface area contributed by atoms with Gasteiger partial charge in [0.05, 0.1) is 6.10 Å². The summed E-state index contributed by atoms with van der Waals surface area (Å²) in [7, 11) is 0. The largest absolute Gasteiger partial charge is 0.508 e. The van der Waals surface area contributed by atoms with E-state index < -0.39 is 34.9 Å². The highest BCUT2D eigenvalue weighted by Gasteiger charge is 2.76. The molecule has 6 aromatic rings. The molecule has 17 rings (SSSR count). The molecule has 4 spiro atoms. The lowest BCUT2D eigenvalue weighted by Gasteiger charge is -2.57. The lowest BCUT2D eigenvalue weighted by molar-refractivity contribution is -0.136. The molecule has 11 aliphatic carbocycles. The molecule has 8 fully saturated rings. The molecule has 95 heavy (non-hydrogen) atoms. The number of fused-ring (bicyclic) bond motifs is 10. The van der Waals surface area contributed by atoms with Crippen LogP contribution in [0, 0.1) is 69.0 Å². The quantitative estimate of drug-likeness (QED) is 0.0322. The third-order valence-electron chi connectivity index (χ3n) is 28.7. The fourth-order valence-electron chi connectivity index (χ4n) is 25.5. The molecule has 13 nitrogen and oxygen atoms in total. The summed E-state index contributed by atoms with van der Waals surface area (Å²) in [6.45, 7) is 4.59. The first-order chi connectivity index (χ1) is 45.9. The minimum absolute atomic E-state index is 0.000718. The van der Waals surface area contributed by atoms with Crippen molar-refractivity contribution in [2.45, 2.75) is 209 Å². The molecular formula is C82H100N2O11. The van der Waals surface area contributed by atoms with Crippen LogP contribution in [0.5, 0.6) is 46.0 Å². The molecule has 5 aromatic carbocycles. The van der Waals surface area contributed by atoms with Gasteiger partial charge in [0, 0.05) is 65.3 Å². The minimum atomic E-state index is -1.14. The standard InChI is InChI=1S/C82H100N2O11/c1-47(2)16-20-52-12-10-29-82(52,53-11-9-13-54(86)40-53)95-75-69-51-38-58-50(36-49-19-21-55(87)41-65(49)90)37-59(63(88)22-17-48-18-23-64(89)67(35-48)94-46-83)73(92)71(58)70(60(69)42-66(91)74(75)93)62(39-51)81-33-32-77(76(81)57-24-34-84-72(57)56-14-3-4-15-61(56)81)30-31-78(44-77)45-79(25-5-6-26-79)80(68(78)43-85)27-7-8-28-80/h3-4,9,11,13-15,18-19,21,23-24,34-35,40-42,47,50-52,58-59,62,68,70-71,73,76,84-87,89-93H,5-8,10,12,16-17,20,22,25-33,36-39,43-46,83H2,1-2H3/t50-,51-,52+,58+,59+,62+,68-,70-,71+,73-,76+,77+,78-,81+,82+/m0/s1. The van der Waals surface area contributed by atoms with Crippen LogP contribution in [0.15, 0.2) is 103 Å². The lowest BCUT2D eigenvalue weighted by Crippen LogP contribution is -2.53. The highest BCUT2D eigenvalue weighted by Crippen LogP contribution is 2.84. The number of hydrogen-bond acceptors (Lipinski definition) is 12. The zero-order valence-corrected chi connectivity index (χ0v) is 55.7. The van der Waals surface area contributed by atoms with Gasteiger partial charge in [-0.1, -0.05) is 94.5 Å². The van der Waals surface area contributed by atoms with Gasteiger partial charge in [0.15, 0.2) is 23.0 Å². The van der Waals surface area contributed by atoms with E-state index in [1.807, 2.05) is 24.3 Å². The Hall–Kier alpha value is -6.67. The Labute approximate surface area is 559 Å². The number of ether oxygens (including phenoxy) is 2. The SMILES string of the molecule is CC(C)CC[C@H]1CCC[C@]1(Oc1c(O)c(O)cc2c1[C@H]1C[C@@H]3[C@@H](Cc4ccc(O)cc4O)C[C@H](C(=O)CCc4ccc(O)c(OCN)c4)[C@H](O)[C@H]3[C@@H]2[C@H]([C@]23CC[C@@]4(CC[C@@]5(CC6(CCCC6)C6(CCCC6)[C@H]5CO)C4)[C@H]2c2cc[nH]c2-c2ccccc23)C1)c1cccc(O)c1. The fraction of sp³-hybridized carbons (Fsp3) is 0.573. The van der Waals surface area contributed by atoms with Gasteiger partial charge in [-0.3, -0.25) is 10.5 Å². The van der Waals surface area contributed by atoms with Crippen molar-refractivity contribution < 1.29 is 55.1 Å². The van der Waals surface area contributed by atoms with E-state index in [1.165, 1.54) is 86.2 Å². The number of aromatic nitrogens is 1. The van der Waals surface area contributed by atoms with Crippen molar-refractivity contribution in [1.82, 2.24) is 4.98 Å². The number of ketones is 1. The number of nitrogens with two attached hydrogens (primary N) is 1. The summed E-state index contributed by atoms with van der Waals surface area (Å²) in [5.74, 6) is -2.20. The van der Waals surface area contributed by atoms with Gasteiger partial charge in [-0.05, 0) is 267 Å². The summed E-state index contributed by atoms with van der Waals surface area (Å²) < 4.78 is 13.5. The van der Waals surface area contributed by atoms with E-state index in [0.29, 0.717) is 50.0 Å². The van der Waals surface area contributed by atoms with Crippen LogP contribution >= 0.6 is 0 Å². The van der Waals surface area contributed by atoms with Gasteiger partial charge >= 0.3 is 0 Å². The second kappa shape index (κ2) is 23.5. The molecule has 1 aromatic heterocycles. The molecule has 0 unspecified atom stereocenters. The Bertz CT molecular complexity index is 3920. The number of aliphatic hydroxyl groups is 2. The maximum atomic E-state index is 15.7. The number of carbonyl (C=O) groups excluding carboxylic acids is 1. The van der Waals surface area contributed by atoms with Crippen molar-refractivity contribution in [3.8, 4) is 57.3 Å². The zero-order valence-electron chi connectivity index (χ0n) is 55.7. The summed E-state index contributed by atoms with van der Waals surface area (Å²) >= 11 is 0. The smallest absolute Gasteiger partial charge is 0.200 e. The molecule has 0 saturated heterocycles. The second-order valence-electron chi connectivity index (χ2n) is 32.9. The third-order valence-corrected chi connectivity index (χ3v) is 28.7. The molecule has 13 heteroatoms. The van der Waals surface area contributed by atoms with Crippen LogP contribution in [-0.4, -0.2) is 71.1 Å². The maximum absolute atomic E-state index is 15.7. The van der Waals surface area contributed by atoms with E-state index in [2.05, 4.69) is 55.4 Å². The second-order valence-corrected chi connectivity index (χ2v) is 32.9. The van der Waals surface area contributed by atoms with Crippen LogP contribution in [-0.2, 0) is 28.7 Å². The topological polar surface area (TPSA) is 239 Å². The van der Waals surface area contributed by atoms with E-state index in [0.717, 1.165) is 80.0 Å². The first-order valence-electron chi connectivity index (χ1n) is 36.7. The number of aromatic hydroxyl groups is 6. The number of carbonyl (C=O) groups is 1. The highest BCUT2D eigenvalue weighted by molar-refractivity contribution is 5.82. The number of aryl methyl sites for hydroxylation is 1. The van der Waals surface area contributed by atoms with E-state index in [1.54, 1.807) is 36.4 Å². The molecule has 0 amide bonds. The average molecular weight is 1290 g/mol.